The third-order valence-electron chi connectivity index (χ3n) is 3.58. The normalized spacial score (nSPS) is 11.3. The van der Waals surface area contributed by atoms with E-state index in [4.69, 9.17) is 5.73 Å². The van der Waals surface area contributed by atoms with Crippen LogP contribution in [0.5, 0.6) is 0 Å². The van der Waals surface area contributed by atoms with Crippen LogP contribution in [0.4, 0.5) is 11.4 Å². The lowest BCUT2D eigenvalue weighted by molar-refractivity contribution is 1.01. The van der Waals surface area contributed by atoms with Crippen LogP contribution >= 0.6 is 0 Å². The summed E-state index contributed by atoms with van der Waals surface area (Å²) in [6.07, 6.45) is 0. The van der Waals surface area contributed by atoms with Gasteiger partial charge in [0.25, 0.3) is 0 Å². The van der Waals surface area contributed by atoms with E-state index in [0.29, 0.717) is 0 Å². The monoisotopic (exact) mass is 239 g/mol. The van der Waals surface area contributed by atoms with E-state index in [1.807, 2.05) is 14.1 Å². The van der Waals surface area contributed by atoms with Gasteiger partial charge in [-0.25, -0.2) is 0 Å². The van der Waals surface area contributed by atoms with Crippen LogP contribution in [0.1, 0.15) is 0 Å². The maximum Gasteiger partial charge on any atom is 0.0653 e. The number of fused-ring (bicyclic) bond motifs is 3. The van der Waals surface area contributed by atoms with Gasteiger partial charge in [-0.1, -0.05) is 18.2 Å². The molecule has 0 radical (unpaired) electrons. The number of aromatic nitrogens is 1. The lowest BCUT2D eigenvalue weighted by Gasteiger charge is -2.16. The number of nitrogens with zero attached hydrogens (tertiary/aromatic N) is 2. The fourth-order valence-corrected chi connectivity index (χ4v) is 2.66. The Morgan fingerprint density at radius 3 is 2.44 bits per heavy atom. The highest BCUT2D eigenvalue weighted by Gasteiger charge is 2.13. The summed E-state index contributed by atoms with van der Waals surface area (Å²) >= 11 is 0. The number of nitrogen functional groups attached to an aromatic ring is 1. The summed E-state index contributed by atoms with van der Waals surface area (Å²) in [7, 11) is 6.12. The zero-order valence-electron chi connectivity index (χ0n) is 10.9. The van der Waals surface area contributed by atoms with Crippen LogP contribution in [0.15, 0.2) is 36.4 Å². The molecule has 3 aromatic rings. The number of hydrogen-bond donors (Lipinski definition) is 1. The van der Waals surface area contributed by atoms with Gasteiger partial charge in [-0.05, 0) is 18.2 Å². The van der Waals surface area contributed by atoms with E-state index in [2.05, 4.69) is 52.9 Å². The molecule has 3 heteroatoms. The van der Waals surface area contributed by atoms with Crippen LogP contribution < -0.4 is 10.6 Å². The third-order valence-corrected chi connectivity index (χ3v) is 3.58. The van der Waals surface area contributed by atoms with Gasteiger partial charge in [-0.3, -0.25) is 0 Å². The zero-order valence-corrected chi connectivity index (χ0v) is 10.9. The largest absolute Gasteiger partial charge is 0.396 e. The molecule has 3 nitrogen and oxygen atoms in total. The predicted molar refractivity (Wildman–Crippen MR) is 79.2 cm³/mol. The number of para-hydroxylation sites is 1. The molecular weight excluding hydrogens is 222 g/mol. The van der Waals surface area contributed by atoms with Crippen LogP contribution in [-0.2, 0) is 7.05 Å². The summed E-state index contributed by atoms with van der Waals surface area (Å²) in [5.74, 6) is 0. The Morgan fingerprint density at radius 2 is 1.72 bits per heavy atom. The van der Waals surface area contributed by atoms with E-state index in [9.17, 15) is 0 Å². The van der Waals surface area contributed by atoms with Crippen molar-refractivity contribution in [3.05, 3.63) is 36.4 Å². The van der Waals surface area contributed by atoms with Crippen molar-refractivity contribution >= 4 is 33.2 Å². The number of anilines is 2. The van der Waals surface area contributed by atoms with Gasteiger partial charge in [0.2, 0.25) is 0 Å². The molecule has 0 saturated carbocycles. The Labute approximate surface area is 106 Å². The van der Waals surface area contributed by atoms with E-state index < -0.39 is 0 Å². The Hall–Kier alpha value is -2.16. The standard InChI is InChI=1S/C15H17N3/c1-17(2)13-9-8-12-14(15(13)16)10-6-4-5-7-11(10)18(12)3/h4-9H,16H2,1-3H3. The Kier molecular flexibility index (Phi) is 2.23. The maximum absolute atomic E-state index is 6.34. The topological polar surface area (TPSA) is 34.2 Å². The summed E-state index contributed by atoms with van der Waals surface area (Å²) in [5, 5.41) is 2.37. The van der Waals surface area contributed by atoms with Gasteiger partial charge in [0.15, 0.2) is 0 Å². The van der Waals surface area contributed by atoms with Gasteiger partial charge in [0, 0.05) is 37.4 Å². The van der Waals surface area contributed by atoms with Gasteiger partial charge in [0.1, 0.15) is 0 Å². The number of hydrogen-bond acceptors (Lipinski definition) is 2. The highest BCUT2D eigenvalue weighted by Crippen LogP contribution is 2.37. The number of aryl methyl sites for hydroxylation is 1. The van der Waals surface area contributed by atoms with Gasteiger partial charge in [-0.2, -0.15) is 0 Å². The first-order valence-corrected chi connectivity index (χ1v) is 6.04. The van der Waals surface area contributed by atoms with Crippen molar-refractivity contribution in [3.8, 4) is 0 Å². The number of benzene rings is 2. The van der Waals surface area contributed by atoms with Crippen molar-refractivity contribution in [2.45, 2.75) is 0 Å². The lowest BCUT2D eigenvalue weighted by atomic mass is 10.1. The Bertz CT molecular complexity index is 738. The van der Waals surface area contributed by atoms with Gasteiger partial charge < -0.3 is 15.2 Å². The molecule has 0 amide bonds. The minimum atomic E-state index is 0.856. The summed E-state index contributed by atoms with van der Waals surface area (Å²) in [5.41, 5.74) is 10.7. The minimum absolute atomic E-state index is 0.856. The molecule has 92 valence electrons. The van der Waals surface area contributed by atoms with Crippen LogP contribution in [0.25, 0.3) is 21.8 Å². The minimum Gasteiger partial charge on any atom is -0.396 e. The van der Waals surface area contributed by atoms with Crippen molar-refractivity contribution in [1.29, 1.82) is 0 Å². The molecule has 0 aliphatic heterocycles. The smallest absolute Gasteiger partial charge is 0.0653 e. The molecule has 0 aliphatic carbocycles. The van der Waals surface area contributed by atoms with Gasteiger partial charge in [0.05, 0.1) is 16.9 Å². The Morgan fingerprint density at radius 1 is 1.00 bits per heavy atom. The number of rotatable bonds is 1. The SMILES string of the molecule is CN(C)c1ccc2c(c1N)c1ccccc1n2C. The second-order valence-electron chi connectivity index (χ2n) is 4.86. The van der Waals surface area contributed by atoms with Crippen LogP contribution in [0, 0.1) is 0 Å². The molecule has 0 bridgehead atoms. The molecule has 0 atom stereocenters. The summed E-state index contributed by atoms with van der Waals surface area (Å²) in [4.78, 5) is 2.05. The average molecular weight is 239 g/mol. The van der Waals surface area contributed by atoms with E-state index in [1.165, 1.54) is 16.4 Å². The quantitative estimate of drug-likeness (QED) is 0.662. The van der Waals surface area contributed by atoms with Crippen molar-refractivity contribution in [2.75, 3.05) is 24.7 Å². The molecule has 0 saturated heterocycles. The maximum atomic E-state index is 6.34. The summed E-state index contributed by atoms with van der Waals surface area (Å²) in [6.45, 7) is 0. The van der Waals surface area contributed by atoms with Crippen LogP contribution in [0.2, 0.25) is 0 Å². The van der Waals surface area contributed by atoms with Crippen LogP contribution in [0.3, 0.4) is 0 Å². The first-order chi connectivity index (χ1) is 8.61. The van der Waals surface area contributed by atoms with Crippen molar-refractivity contribution in [2.24, 2.45) is 7.05 Å². The molecule has 0 spiro atoms. The second kappa shape index (κ2) is 3.67. The lowest BCUT2D eigenvalue weighted by Crippen LogP contribution is -2.11. The molecule has 1 heterocycles. The first kappa shape index (κ1) is 11.0. The molecule has 0 fully saturated rings. The average Bonchev–Trinajstić information content (AvgIpc) is 2.65. The van der Waals surface area contributed by atoms with Gasteiger partial charge >= 0.3 is 0 Å². The fourth-order valence-electron chi connectivity index (χ4n) is 2.66. The highest BCUT2D eigenvalue weighted by molar-refractivity contribution is 6.15. The molecule has 1 aromatic heterocycles. The number of nitrogens with two attached hydrogens (primary N) is 1. The highest BCUT2D eigenvalue weighted by atomic mass is 15.1. The van der Waals surface area contributed by atoms with Crippen molar-refractivity contribution < 1.29 is 0 Å². The van der Waals surface area contributed by atoms with Crippen molar-refractivity contribution in [3.63, 3.8) is 0 Å². The van der Waals surface area contributed by atoms with Crippen LogP contribution in [-0.4, -0.2) is 18.7 Å². The molecular formula is C15H17N3. The fraction of sp³-hybridized carbons (Fsp3) is 0.200. The molecule has 2 aromatic carbocycles. The molecule has 2 N–H and O–H groups in total. The van der Waals surface area contributed by atoms with E-state index in [-0.39, 0.29) is 0 Å². The second-order valence-corrected chi connectivity index (χ2v) is 4.86. The molecule has 18 heavy (non-hydrogen) atoms. The molecule has 0 aliphatic rings. The zero-order chi connectivity index (χ0) is 12.9. The summed E-state index contributed by atoms with van der Waals surface area (Å²) < 4.78 is 2.19. The predicted octanol–water partition coefficient (Wildman–Crippen LogP) is 2.98. The summed E-state index contributed by atoms with van der Waals surface area (Å²) in [6, 6.07) is 12.6. The third kappa shape index (κ3) is 1.30. The molecule has 3 rings (SSSR count). The Balaban J connectivity index is 2.54. The first-order valence-electron chi connectivity index (χ1n) is 6.04. The van der Waals surface area contributed by atoms with E-state index in [0.717, 1.165) is 16.8 Å². The van der Waals surface area contributed by atoms with E-state index in [1.54, 1.807) is 0 Å². The van der Waals surface area contributed by atoms with E-state index >= 15 is 0 Å². The molecule has 0 unspecified atom stereocenters. The van der Waals surface area contributed by atoms with Gasteiger partial charge in [-0.15, -0.1) is 0 Å². The van der Waals surface area contributed by atoms with Crippen molar-refractivity contribution in [1.82, 2.24) is 4.57 Å².